The maximum atomic E-state index is 12.8. The Hall–Kier alpha value is -1.68. The molecule has 0 unspecified atom stereocenters. The average Bonchev–Trinajstić information content (AvgIpc) is 2.64. The van der Waals surface area contributed by atoms with E-state index in [0.717, 1.165) is 38.6 Å². The zero-order chi connectivity index (χ0) is 16.6. The summed E-state index contributed by atoms with van der Waals surface area (Å²) in [7, 11) is 0. The minimum absolute atomic E-state index is 0.0487. The monoisotopic (exact) mass is 370 g/mol. The zero-order valence-corrected chi connectivity index (χ0v) is 15.4. The number of rotatable bonds is 0. The Morgan fingerprint density at radius 2 is 1.87 bits per heavy atom. The van der Waals surface area contributed by atoms with Crippen molar-refractivity contribution in [2.75, 3.05) is 0 Å². The van der Waals surface area contributed by atoms with Gasteiger partial charge in [-0.25, -0.2) is 0 Å². The van der Waals surface area contributed by atoms with Crippen molar-refractivity contribution in [3.05, 3.63) is 56.5 Å². The maximum absolute atomic E-state index is 12.8. The summed E-state index contributed by atoms with van der Waals surface area (Å²) in [5, 5.41) is 2.09. The van der Waals surface area contributed by atoms with E-state index in [1.54, 1.807) is 0 Å². The van der Waals surface area contributed by atoms with E-state index >= 15 is 0 Å². The van der Waals surface area contributed by atoms with Crippen LogP contribution in [0.3, 0.4) is 0 Å². The van der Waals surface area contributed by atoms with Crippen LogP contribution in [0.1, 0.15) is 45.4 Å². The molecule has 4 heteroatoms. The number of aromatic nitrogens is 2. The highest BCUT2D eigenvalue weighted by Gasteiger charge is 2.45. The summed E-state index contributed by atoms with van der Waals surface area (Å²) >= 11 is 3.50. The van der Waals surface area contributed by atoms with E-state index in [2.05, 4.69) is 71.3 Å². The highest BCUT2D eigenvalue weighted by Crippen LogP contribution is 2.47. The van der Waals surface area contributed by atoms with E-state index in [-0.39, 0.29) is 16.4 Å². The number of pyridine rings is 1. The van der Waals surface area contributed by atoms with Gasteiger partial charge in [0.25, 0.3) is 5.56 Å². The lowest BCUT2D eigenvalue weighted by molar-refractivity contribution is 0.397. The molecule has 2 heterocycles. The van der Waals surface area contributed by atoms with Gasteiger partial charge in [0.1, 0.15) is 5.65 Å². The molecule has 0 fully saturated rings. The van der Waals surface area contributed by atoms with Crippen LogP contribution in [0.4, 0.5) is 0 Å². The first-order valence-corrected chi connectivity index (χ1v) is 8.66. The fourth-order valence-electron chi connectivity index (χ4n) is 4.45. The molecule has 0 spiro atoms. The molecule has 0 bridgehead atoms. The van der Waals surface area contributed by atoms with E-state index in [1.807, 2.05) is 12.1 Å². The second-order valence-electron chi connectivity index (χ2n) is 7.83. The molecule has 3 nitrogen and oxygen atoms in total. The predicted molar refractivity (Wildman–Crippen MR) is 97.3 cm³/mol. The van der Waals surface area contributed by atoms with Crippen LogP contribution >= 0.6 is 15.9 Å². The van der Waals surface area contributed by atoms with Crippen LogP contribution in [-0.4, -0.2) is 9.38 Å². The van der Waals surface area contributed by atoms with E-state index < -0.39 is 0 Å². The van der Waals surface area contributed by atoms with E-state index in [4.69, 9.17) is 0 Å². The van der Waals surface area contributed by atoms with E-state index in [0.29, 0.717) is 0 Å². The molecule has 0 saturated carbocycles. The van der Waals surface area contributed by atoms with Crippen molar-refractivity contribution in [3.8, 4) is 0 Å². The predicted octanol–water partition coefficient (Wildman–Crippen LogP) is 4.57. The van der Waals surface area contributed by atoms with Crippen molar-refractivity contribution in [3.63, 3.8) is 0 Å². The molecule has 23 heavy (non-hydrogen) atoms. The molecule has 0 N–H and O–H groups in total. The Labute approximate surface area is 143 Å². The fraction of sp³-hybridized carbons (Fsp3) is 0.368. The van der Waals surface area contributed by atoms with Gasteiger partial charge < -0.3 is 4.40 Å². The lowest BCUT2D eigenvalue weighted by Crippen LogP contribution is -2.26. The SMILES string of the molecule is CC1(C)CC(C)(C)c2c1c(=O)nc1c3ccc(Br)cc3ccn21. The Kier molecular flexibility index (Phi) is 2.87. The van der Waals surface area contributed by atoms with Crippen molar-refractivity contribution >= 4 is 32.3 Å². The molecule has 0 aliphatic heterocycles. The summed E-state index contributed by atoms with van der Waals surface area (Å²) < 4.78 is 3.15. The van der Waals surface area contributed by atoms with Crippen molar-refractivity contribution < 1.29 is 0 Å². The number of benzene rings is 1. The third kappa shape index (κ3) is 2.01. The van der Waals surface area contributed by atoms with Gasteiger partial charge >= 0.3 is 0 Å². The lowest BCUT2D eigenvalue weighted by atomic mass is 9.82. The molecule has 118 valence electrons. The van der Waals surface area contributed by atoms with Crippen molar-refractivity contribution in [1.82, 2.24) is 9.38 Å². The number of halogens is 1. The minimum atomic E-state index is -0.140. The molecule has 1 aromatic carbocycles. The summed E-state index contributed by atoms with van der Waals surface area (Å²) in [6.45, 7) is 8.74. The highest BCUT2D eigenvalue weighted by atomic mass is 79.9. The number of nitrogens with zero attached hydrogens (tertiary/aromatic N) is 2. The van der Waals surface area contributed by atoms with E-state index in [1.165, 1.54) is 0 Å². The second-order valence-corrected chi connectivity index (χ2v) is 8.74. The first-order chi connectivity index (χ1) is 10.7. The summed E-state index contributed by atoms with van der Waals surface area (Å²) in [5.41, 5.74) is 2.47. The number of fused-ring (bicyclic) bond motifs is 5. The van der Waals surface area contributed by atoms with Crippen LogP contribution in [0.2, 0.25) is 0 Å². The third-order valence-corrected chi connectivity index (χ3v) is 5.48. The Bertz CT molecular complexity index is 1030. The van der Waals surface area contributed by atoms with Crippen LogP contribution in [-0.2, 0) is 10.8 Å². The first-order valence-electron chi connectivity index (χ1n) is 7.86. The van der Waals surface area contributed by atoms with Gasteiger partial charge in [-0.3, -0.25) is 4.79 Å². The molecule has 0 amide bonds. The van der Waals surface area contributed by atoms with Crippen LogP contribution in [0.5, 0.6) is 0 Å². The van der Waals surface area contributed by atoms with Gasteiger partial charge in [-0.2, -0.15) is 4.98 Å². The van der Waals surface area contributed by atoms with Crippen molar-refractivity contribution in [2.24, 2.45) is 0 Å². The maximum Gasteiger partial charge on any atom is 0.277 e. The smallest absolute Gasteiger partial charge is 0.277 e. The summed E-state index contributed by atoms with van der Waals surface area (Å²) in [4.78, 5) is 17.3. The molecule has 2 aromatic heterocycles. The molecular weight excluding hydrogens is 352 g/mol. The van der Waals surface area contributed by atoms with Gasteiger partial charge in [0, 0.05) is 32.7 Å². The van der Waals surface area contributed by atoms with Crippen LogP contribution in [0, 0.1) is 0 Å². The Morgan fingerprint density at radius 1 is 1.13 bits per heavy atom. The first kappa shape index (κ1) is 14.9. The highest BCUT2D eigenvalue weighted by molar-refractivity contribution is 9.10. The molecule has 4 rings (SSSR count). The molecule has 0 radical (unpaired) electrons. The molecule has 3 aromatic rings. The summed E-state index contributed by atoms with van der Waals surface area (Å²) in [6, 6.07) is 8.18. The molecule has 0 saturated heterocycles. The minimum Gasteiger partial charge on any atom is -0.304 e. The standard InChI is InChI=1S/C19H19BrN2O/c1-18(2)10-19(3,4)15-14(18)17(23)21-16-13-6-5-12(20)9-11(13)7-8-22(15)16/h5-9H,10H2,1-4H3. The van der Waals surface area contributed by atoms with Crippen LogP contribution in [0.25, 0.3) is 16.4 Å². The Balaban J connectivity index is 2.24. The lowest BCUT2D eigenvalue weighted by Gasteiger charge is -2.22. The van der Waals surface area contributed by atoms with Gasteiger partial charge in [0.2, 0.25) is 0 Å². The normalized spacial score (nSPS) is 18.5. The molecule has 1 aliphatic rings. The second kappa shape index (κ2) is 4.44. The van der Waals surface area contributed by atoms with E-state index in [9.17, 15) is 4.79 Å². The Morgan fingerprint density at radius 3 is 2.61 bits per heavy atom. The van der Waals surface area contributed by atoms with Crippen LogP contribution in [0.15, 0.2) is 39.7 Å². The zero-order valence-electron chi connectivity index (χ0n) is 13.8. The van der Waals surface area contributed by atoms with Gasteiger partial charge in [0.05, 0.1) is 0 Å². The summed E-state index contributed by atoms with van der Waals surface area (Å²) in [5.74, 6) is 0. The van der Waals surface area contributed by atoms with Gasteiger partial charge in [-0.05, 0) is 41.5 Å². The van der Waals surface area contributed by atoms with Crippen molar-refractivity contribution in [1.29, 1.82) is 0 Å². The third-order valence-electron chi connectivity index (χ3n) is 4.99. The molecule has 0 atom stereocenters. The molecular formula is C19H19BrN2O. The van der Waals surface area contributed by atoms with Crippen LogP contribution < -0.4 is 5.56 Å². The summed E-state index contributed by atoms with van der Waals surface area (Å²) in [6.07, 6.45) is 3.01. The van der Waals surface area contributed by atoms with Crippen molar-refractivity contribution in [2.45, 2.75) is 44.9 Å². The number of hydrogen-bond acceptors (Lipinski definition) is 2. The fourth-order valence-corrected chi connectivity index (χ4v) is 4.83. The van der Waals surface area contributed by atoms with Gasteiger partial charge in [0.15, 0.2) is 0 Å². The van der Waals surface area contributed by atoms with Gasteiger partial charge in [-0.1, -0.05) is 43.6 Å². The average molecular weight is 371 g/mol. The quantitative estimate of drug-likeness (QED) is 0.543. The topological polar surface area (TPSA) is 34.4 Å². The largest absolute Gasteiger partial charge is 0.304 e. The van der Waals surface area contributed by atoms with Gasteiger partial charge in [-0.15, -0.1) is 0 Å². The number of hydrogen-bond donors (Lipinski definition) is 0. The molecule has 1 aliphatic carbocycles.